The van der Waals surface area contributed by atoms with Crippen molar-refractivity contribution >= 4 is 34.8 Å². The van der Waals surface area contributed by atoms with E-state index in [0.29, 0.717) is 27.1 Å². The monoisotopic (exact) mass is 332 g/mol. The molecule has 1 atom stereocenters. The van der Waals surface area contributed by atoms with Gasteiger partial charge in [0, 0.05) is 20.6 Å². The molecule has 2 nitrogen and oxygen atoms in total. The fraction of sp³-hybridized carbons (Fsp3) is 0.143. The number of hydrazine groups is 1. The highest BCUT2D eigenvalue weighted by Crippen LogP contribution is 2.30. The first-order valence-electron chi connectivity index (χ1n) is 5.87. The Hall–Kier alpha value is -0.840. The quantitative estimate of drug-likeness (QED) is 0.637. The number of halogens is 4. The van der Waals surface area contributed by atoms with E-state index in [2.05, 4.69) is 5.43 Å². The van der Waals surface area contributed by atoms with E-state index >= 15 is 0 Å². The van der Waals surface area contributed by atoms with Crippen molar-refractivity contribution in [3.63, 3.8) is 0 Å². The number of nitrogens with one attached hydrogen (secondary N) is 1. The molecule has 0 heterocycles. The summed E-state index contributed by atoms with van der Waals surface area (Å²) in [4.78, 5) is 0. The summed E-state index contributed by atoms with van der Waals surface area (Å²) in [5.41, 5.74) is 3.65. The third-order valence-electron chi connectivity index (χ3n) is 2.98. The van der Waals surface area contributed by atoms with E-state index in [1.807, 2.05) is 0 Å². The van der Waals surface area contributed by atoms with Gasteiger partial charge in [0.25, 0.3) is 0 Å². The number of rotatable bonds is 4. The first-order chi connectivity index (χ1) is 9.52. The van der Waals surface area contributed by atoms with Crippen LogP contribution in [-0.2, 0) is 6.42 Å². The first kappa shape index (κ1) is 15.5. The lowest BCUT2D eigenvalue weighted by atomic mass is 9.99. The average Bonchev–Trinajstić information content (AvgIpc) is 2.41. The predicted molar refractivity (Wildman–Crippen MR) is 81.6 cm³/mol. The number of nitrogens with two attached hydrogens (primary N) is 1. The van der Waals surface area contributed by atoms with Crippen LogP contribution in [0.3, 0.4) is 0 Å². The van der Waals surface area contributed by atoms with Crippen molar-refractivity contribution in [2.45, 2.75) is 12.5 Å². The van der Waals surface area contributed by atoms with Crippen LogP contribution in [0.4, 0.5) is 4.39 Å². The Labute approximate surface area is 131 Å². The van der Waals surface area contributed by atoms with Crippen LogP contribution in [0, 0.1) is 5.82 Å². The zero-order chi connectivity index (χ0) is 14.7. The zero-order valence-corrected chi connectivity index (χ0v) is 12.6. The fourth-order valence-electron chi connectivity index (χ4n) is 2.01. The summed E-state index contributed by atoms with van der Waals surface area (Å²) >= 11 is 18.1. The summed E-state index contributed by atoms with van der Waals surface area (Å²) in [6.07, 6.45) is 0.372. The molecule has 0 amide bonds. The number of hydrogen-bond donors (Lipinski definition) is 2. The third-order valence-corrected chi connectivity index (χ3v) is 3.91. The van der Waals surface area contributed by atoms with E-state index in [-0.39, 0.29) is 0 Å². The minimum Gasteiger partial charge on any atom is -0.271 e. The molecule has 0 aliphatic heterocycles. The van der Waals surface area contributed by atoms with Gasteiger partial charge >= 0.3 is 0 Å². The Morgan fingerprint density at radius 3 is 2.50 bits per heavy atom. The van der Waals surface area contributed by atoms with Crippen LogP contribution in [0.15, 0.2) is 36.4 Å². The Bertz CT molecular complexity index is 599. The van der Waals surface area contributed by atoms with Crippen LogP contribution in [0.1, 0.15) is 17.2 Å². The van der Waals surface area contributed by atoms with Gasteiger partial charge in [0.15, 0.2) is 0 Å². The molecule has 0 aliphatic carbocycles. The van der Waals surface area contributed by atoms with E-state index in [1.165, 1.54) is 6.07 Å². The van der Waals surface area contributed by atoms with Crippen molar-refractivity contribution < 1.29 is 4.39 Å². The maximum Gasteiger partial charge on any atom is 0.129 e. The second kappa shape index (κ2) is 6.74. The molecule has 6 heteroatoms. The SMILES string of the molecule is NNC(Cc1cc(Cl)ccc1Cl)c1c(F)cccc1Cl. The van der Waals surface area contributed by atoms with Gasteiger partial charge in [-0.3, -0.25) is 11.3 Å². The van der Waals surface area contributed by atoms with E-state index in [1.54, 1.807) is 30.3 Å². The van der Waals surface area contributed by atoms with Gasteiger partial charge in [-0.1, -0.05) is 40.9 Å². The fourth-order valence-corrected chi connectivity index (χ4v) is 2.69. The Balaban J connectivity index is 2.36. The van der Waals surface area contributed by atoms with Crippen LogP contribution in [-0.4, -0.2) is 0 Å². The molecular formula is C14H12Cl3FN2. The summed E-state index contributed by atoms with van der Waals surface area (Å²) < 4.78 is 13.9. The van der Waals surface area contributed by atoms with E-state index < -0.39 is 11.9 Å². The van der Waals surface area contributed by atoms with Crippen molar-refractivity contribution in [2.24, 2.45) is 5.84 Å². The molecule has 0 radical (unpaired) electrons. The van der Waals surface area contributed by atoms with Gasteiger partial charge in [0.1, 0.15) is 5.82 Å². The molecule has 1 unspecified atom stereocenters. The van der Waals surface area contributed by atoms with Gasteiger partial charge in [-0.15, -0.1) is 0 Å². The molecule has 0 fully saturated rings. The van der Waals surface area contributed by atoms with Crippen LogP contribution in [0.5, 0.6) is 0 Å². The summed E-state index contributed by atoms with van der Waals surface area (Å²) in [5.74, 6) is 5.11. The van der Waals surface area contributed by atoms with E-state index in [0.717, 1.165) is 5.56 Å². The highest BCUT2D eigenvalue weighted by molar-refractivity contribution is 6.33. The number of benzene rings is 2. The number of hydrogen-bond acceptors (Lipinski definition) is 2. The standard InChI is InChI=1S/C14H12Cl3FN2/c15-9-4-5-10(16)8(6-9)7-13(20-19)14-11(17)2-1-3-12(14)18/h1-6,13,20H,7,19H2. The molecule has 2 aromatic carbocycles. The highest BCUT2D eigenvalue weighted by atomic mass is 35.5. The Morgan fingerprint density at radius 1 is 1.10 bits per heavy atom. The third kappa shape index (κ3) is 3.43. The summed E-state index contributed by atoms with van der Waals surface area (Å²) in [6, 6.07) is 9.10. The molecule has 20 heavy (non-hydrogen) atoms. The lowest BCUT2D eigenvalue weighted by Crippen LogP contribution is -2.30. The van der Waals surface area contributed by atoms with Crippen LogP contribution in [0.2, 0.25) is 15.1 Å². The van der Waals surface area contributed by atoms with Crippen molar-refractivity contribution in [2.75, 3.05) is 0 Å². The van der Waals surface area contributed by atoms with E-state index in [4.69, 9.17) is 40.6 Å². The molecular weight excluding hydrogens is 322 g/mol. The predicted octanol–water partition coefficient (Wildman–Crippen LogP) is 4.53. The molecule has 0 aliphatic rings. The summed E-state index contributed by atoms with van der Waals surface area (Å²) in [7, 11) is 0. The topological polar surface area (TPSA) is 38.0 Å². The molecule has 0 aromatic heterocycles. The Morgan fingerprint density at radius 2 is 1.85 bits per heavy atom. The summed E-state index contributed by atoms with van der Waals surface area (Å²) in [5, 5.41) is 1.41. The highest BCUT2D eigenvalue weighted by Gasteiger charge is 2.19. The van der Waals surface area contributed by atoms with Gasteiger partial charge in [0.2, 0.25) is 0 Å². The van der Waals surface area contributed by atoms with Gasteiger partial charge in [0.05, 0.1) is 6.04 Å². The second-order valence-corrected chi connectivity index (χ2v) is 5.55. The average molecular weight is 334 g/mol. The normalized spacial score (nSPS) is 12.4. The van der Waals surface area contributed by atoms with Crippen molar-refractivity contribution in [1.82, 2.24) is 5.43 Å². The maximum absolute atomic E-state index is 13.9. The summed E-state index contributed by atoms with van der Waals surface area (Å²) in [6.45, 7) is 0. The Kier molecular flexibility index (Phi) is 5.24. The van der Waals surface area contributed by atoms with Crippen molar-refractivity contribution in [3.05, 3.63) is 68.4 Å². The zero-order valence-electron chi connectivity index (χ0n) is 10.3. The first-order valence-corrected chi connectivity index (χ1v) is 7.00. The molecule has 0 saturated carbocycles. The second-order valence-electron chi connectivity index (χ2n) is 4.29. The largest absolute Gasteiger partial charge is 0.271 e. The molecule has 106 valence electrons. The van der Waals surface area contributed by atoms with Gasteiger partial charge in [-0.2, -0.15) is 0 Å². The van der Waals surface area contributed by atoms with Gasteiger partial charge in [-0.25, -0.2) is 4.39 Å². The molecule has 2 rings (SSSR count). The van der Waals surface area contributed by atoms with Crippen LogP contribution in [0.25, 0.3) is 0 Å². The van der Waals surface area contributed by atoms with Crippen molar-refractivity contribution in [1.29, 1.82) is 0 Å². The smallest absolute Gasteiger partial charge is 0.129 e. The minimum absolute atomic E-state index is 0.311. The van der Waals surface area contributed by atoms with E-state index in [9.17, 15) is 4.39 Å². The van der Waals surface area contributed by atoms with Gasteiger partial charge < -0.3 is 0 Å². The lowest BCUT2D eigenvalue weighted by Gasteiger charge is -2.19. The molecule has 0 bridgehead atoms. The maximum atomic E-state index is 13.9. The van der Waals surface area contributed by atoms with Crippen LogP contribution >= 0.6 is 34.8 Å². The van der Waals surface area contributed by atoms with Crippen molar-refractivity contribution in [3.8, 4) is 0 Å². The molecule has 0 saturated heterocycles. The minimum atomic E-state index is -0.500. The van der Waals surface area contributed by atoms with Gasteiger partial charge in [-0.05, 0) is 42.3 Å². The lowest BCUT2D eigenvalue weighted by molar-refractivity contribution is 0.511. The molecule has 3 N–H and O–H groups in total. The molecule has 0 spiro atoms. The van der Waals surface area contributed by atoms with Crippen LogP contribution < -0.4 is 11.3 Å². The molecule has 2 aromatic rings.